The van der Waals surface area contributed by atoms with Crippen molar-refractivity contribution < 1.29 is 0 Å². The molecule has 1 atom stereocenters. The zero-order valence-electron chi connectivity index (χ0n) is 11.8. The Balaban J connectivity index is 1.97. The van der Waals surface area contributed by atoms with Crippen molar-refractivity contribution in [3.8, 4) is 0 Å². The molecule has 0 aromatic heterocycles. The van der Waals surface area contributed by atoms with Crippen LogP contribution >= 0.6 is 11.6 Å². The Morgan fingerprint density at radius 1 is 0.950 bits per heavy atom. The average molecular weight is 286 g/mol. The molecule has 20 heavy (non-hydrogen) atoms. The maximum absolute atomic E-state index is 6.12. The molecule has 0 saturated carbocycles. The summed E-state index contributed by atoms with van der Waals surface area (Å²) in [5, 5.41) is 4.20. The van der Waals surface area contributed by atoms with Gasteiger partial charge in [0.05, 0.1) is 6.04 Å². The molecule has 2 aromatic rings. The third-order valence-electron chi connectivity index (χ3n) is 4.18. The van der Waals surface area contributed by atoms with Gasteiger partial charge in [-0.1, -0.05) is 41.9 Å². The lowest BCUT2D eigenvalue weighted by atomic mass is 9.88. The molecule has 0 bridgehead atoms. The Bertz CT molecular complexity index is 606. The molecular formula is C18H20ClN. The second-order valence-corrected chi connectivity index (χ2v) is 5.95. The number of aryl methyl sites for hydroxylation is 2. The number of nitrogens with one attached hydrogen (secondary N) is 1. The number of halogens is 1. The summed E-state index contributed by atoms with van der Waals surface area (Å²) in [6.07, 6.45) is 5.10. The van der Waals surface area contributed by atoms with E-state index in [0.717, 1.165) is 5.02 Å². The highest BCUT2D eigenvalue weighted by Gasteiger charge is 2.15. The van der Waals surface area contributed by atoms with Crippen LogP contribution in [0.3, 0.4) is 0 Å². The minimum atomic E-state index is 0.209. The average Bonchev–Trinajstić information content (AvgIpc) is 2.48. The van der Waals surface area contributed by atoms with Crippen LogP contribution in [0.5, 0.6) is 0 Å². The van der Waals surface area contributed by atoms with Gasteiger partial charge in [-0.3, -0.25) is 0 Å². The highest BCUT2D eigenvalue weighted by Crippen LogP contribution is 2.28. The maximum atomic E-state index is 6.12. The lowest BCUT2D eigenvalue weighted by molar-refractivity contribution is 0.668. The van der Waals surface area contributed by atoms with Gasteiger partial charge in [0.15, 0.2) is 0 Å². The van der Waals surface area contributed by atoms with Crippen LogP contribution in [0.2, 0.25) is 5.02 Å². The first-order valence-electron chi connectivity index (χ1n) is 7.32. The van der Waals surface area contributed by atoms with Crippen LogP contribution in [0.25, 0.3) is 0 Å². The minimum absolute atomic E-state index is 0.209. The molecule has 0 amide bonds. The zero-order chi connectivity index (χ0) is 13.9. The topological polar surface area (TPSA) is 12.0 Å². The molecule has 2 heteroatoms. The van der Waals surface area contributed by atoms with Crippen LogP contribution in [-0.4, -0.2) is 7.05 Å². The largest absolute Gasteiger partial charge is 0.309 e. The quantitative estimate of drug-likeness (QED) is 0.874. The normalized spacial score (nSPS) is 15.7. The molecule has 1 N–H and O–H groups in total. The number of hydrogen-bond donors (Lipinski definition) is 1. The zero-order valence-corrected chi connectivity index (χ0v) is 12.6. The van der Waals surface area contributed by atoms with Gasteiger partial charge in [0.1, 0.15) is 0 Å². The van der Waals surface area contributed by atoms with Crippen molar-refractivity contribution in [1.29, 1.82) is 0 Å². The van der Waals surface area contributed by atoms with Crippen LogP contribution in [0.4, 0.5) is 0 Å². The fourth-order valence-electron chi connectivity index (χ4n) is 3.14. The van der Waals surface area contributed by atoms with E-state index in [2.05, 4.69) is 29.6 Å². The Morgan fingerprint density at radius 3 is 2.45 bits per heavy atom. The smallest absolute Gasteiger partial charge is 0.0574 e. The summed E-state index contributed by atoms with van der Waals surface area (Å²) in [6, 6.07) is 15.3. The summed E-state index contributed by atoms with van der Waals surface area (Å²) in [4.78, 5) is 0. The van der Waals surface area contributed by atoms with Gasteiger partial charge in [0.25, 0.3) is 0 Å². The van der Waals surface area contributed by atoms with Crippen LogP contribution in [0, 0.1) is 0 Å². The summed E-state index contributed by atoms with van der Waals surface area (Å²) in [7, 11) is 2.00. The van der Waals surface area contributed by atoms with E-state index in [9.17, 15) is 0 Å². The molecule has 0 aliphatic heterocycles. The molecule has 0 saturated heterocycles. The summed E-state index contributed by atoms with van der Waals surface area (Å²) < 4.78 is 0. The Hall–Kier alpha value is -1.31. The molecule has 3 rings (SSSR count). The van der Waals surface area contributed by atoms with Crippen molar-refractivity contribution in [2.24, 2.45) is 0 Å². The molecule has 0 radical (unpaired) electrons. The first kappa shape index (κ1) is 13.7. The van der Waals surface area contributed by atoms with E-state index < -0.39 is 0 Å². The Kier molecular flexibility index (Phi) is 4.09. The van der Waals surface area contributed by atoms with E-state index in [1.807, 2.05) is 25.2 Å². The first-order chi connectivity index (χ1) is 9.78. The van der Waals surface area contributed by atoms with Gasteiger partial charge in [-0.15, -0.1) is 0 Å². The molecule has 0 spiro atoms. The first-order valence-corrected chi connectivity index (χ1v) is 7.70. The molecular weight excluding hydrogens is 266 g/mol. The summed E-state index contributed by atoms with van der Waals surface area (Å²) in [6.45, 7) is 0. The fourth-order valence-corrected chi connectivity index (χ4v) is 3.34. The second kappa shape index (κ2) is 5.99. The monoisotopic (exact) mass is 285 g/mol. The summed E-state index contributed by atoms with van der Waals surface area (Å²) in [5.41, 5.74) is 5.60. The lowest BCUT2D eigenvalue weighted by Crippen LogP contribution is -2.18. The van der Waals surface area contributed by atoms with Crippen LogP contribution in [0.15, 0.2) is 42.5 Å². The van der Waals surface area contributed by atoms with Crippen molar-refractivity contribution in [2.75, 3.05) is 7.05 Å². The van der Waals surface area contributed by atoms with E-state index in [1.165, 1.54) is 47.9 Å². The highest BCUT2D eigenvalue weighted by atomic mass is 35.5. The maximum Gasteiger partial charge on any atom is 0.0574 e. The number of fused-ring (bicyclic) bond motifs is 1. The molecule has 1 aliphatic carbocycles. The van der Waals surface area contributed by atoms with Crippen molar-refractivity contribution in [3.63, 3.8) is 0 Å². The van der Waals surface area contributed by atoms with Gasteiger partial charge in [0.2, 0.25) is 0 Å². The van der Waals surface area contributed by atoms with E-state index in [4.69, 9.17) is 11.6 Å². The van der Waals surface area contributed by atoms with Gasteiger partial charge in [-0.2, -0.15) is 0 Å². The summed E-state index contributed by atoms with van der Waals surface area (Å²) >= 11 is 6.12. The minimum Gasteiger partial charge on any atom is -0.309 e. The van der Waals surface area contributed by atoms with Gasteiger partial charge in [-0.25, -0.2) is 0 Å². The van der Waals surface area contributed by atoms with Crippen LogP contribution < -0.4 is 5.32 Å². The number of rotatable bonds is 3. The molecule has 104 valence electrons. The van der Waals surface area contributed by atoms with Gasteiger partial charge >= 0.3 is 0 Å². The predicted molar refractivity (Wildman–Crippen MR) is 85.4 cm³/mol. The molecule has 0 heterocycles. The van der Waals surface area contributed by atoms with E-state index >= 15 is 0 Å². The molecule has 1 unspecified atom stereocenters. The predicted octanol–water partition coefficient (Wildman–Crippen LogP) is 4.53. The number of hydrogen-bond acceptors (Lipinski definition) is 1. The molecule has 0 fully saturated rings. The fraction of sp³-hybridized carbons (Fsp3) is 0.333. The van der Waals surface area contributed by atoms with Crippen LogP contribution in [-0.2, 0) is 12.8 Å². The summed E-state index contributed by atoms with van der Waals surface area (Å²) in [5.74, 6) is 0. The second-order valence-electron chi connectivity index (χ2n) is 5.51. The Labute approximate surface area is 126 Å². The molecule has 1 nitrogen and oxygen atoms in total. The van der Waals surface area contributed by atoms with Crippen LogP contribution in [0.1, 0.15) is 41.1 Å². The van der Waals surface area contributed by atoms with E-state index in [1.54, 1.807) is 0 Å². The van der Waals surface area contributed by atoms with Gasteiger partial charge < -0.3 is 5.32 Å². The standard InChI is InChI=1S/C18H20ClN/c1-20-18(15-7-4-8-17(19)12-15)16-10-9-13-5-2-3-6-14(13)11-16/h4,7-12,18,20H,2-3,5-6H2,1H3. The third kappa shape index (κ3) is 2.74. The van der Waals surface area contributed by atoms with Gasteiger partial charge in [-0.05, 0) is 67.1 Å². The van der Waals surface area contributed by atoms with Crippen molar-refractivity contribution >= 4 is 11.6 Å². The SMILES string of the molecule is CNC(c1cccc(Cl)c1)c1ccc2c(c1)CCCC2. The highest BCUT2D eigenvalue weighted by molar-refractivity contribution is 6.30. The van der Waals surface area contributed by atoms with Crippen molar-refractivity contribution in [2.45, 2.75) is 31.7 Å². The van der Waals surface area contributed by atoms with Crippen molar-refractivity contribution in [1.82, 2.24) is 5.32 Å². The third-order valence-corrected chi connectivity index (χ3v) is 4.41. The van der Waals surface area contributed by atoms with E-state index in [0.29, 0.717) is 0 Å². The lowest BCUT2D eigenvalue weighted by Gasteiger charge is -2.22. The van der Waals surface area contributed by atoms with Crippen molar-refractivity contribution in [3.05, 3.63) is 69.7 Å². The Morgan fingerprint density at radius 2 is 1.70 bits per heavy atom. The van der Waals surface area contributed by atoms with Gasteiger partial charge in [0, 0.05) is 5.02 Å². The molecule has 1 aliphatic rings. The van der Waals surface area contributed by atoms with E-state index in [-0.39, 0.29) is 6.04 Å². The number of benzene rings is 2. The molecule has 2 aromatic carbocycles.